The Kier molecular flexibility index (Phi) is 4.73. The van der Waals surface area contributed by atoms with E-state index in [1.54, 1.807) is 43.4 Å². The van der Waals surface area contributed by atoms with E-state index in [2.05, 4.69) is 4.36 Å². The summed E-state index contributed by atoms with van der Waals surface area (Å²) in [5.74, 6) is -0.917. The summed E-state index contributed by atoms with van der Waals surface area (Å²) in [4.78, 5) is 12.3. The summed E-state index contributed by atoms with van der Waals surface area (Å²) in [6, 6.07) is 12.8. The van der Waals surface area contributed by atoms with Crippen LogP contribution in [0.5, 0.6) is 0 Å². The van der Waals surface area contributed by atoms with Gasteiger partial charge in [-0.1, -0.05) is 42.5 Å². The maximum absolute atomic E-state index is 12.4. The number of benzene rings is 2. The van der Waals surface area contributed by atoms with Crippen LogP contribution in [-0.2, 0) is 20.1 Å². The van der Waals surface area contributed by atoms with E-state index in [0.717, 1.165) is 0 Å². The minimum atomic E-state index is -2.87. The van der Waals surface area contributed by atoms with E-state index < -0.39 is 21.2 Å². The molecule has 2 atom stereocenters. The number of amides is 1. The molecule has 0 heterocycles. The molecule has 2 aromatic carbocycles. The SMILES string of the molecule is Cc1cc(C(O)(C(N)=O)c2ccccc2)ccc1S(C)(=O)=NC#N. The Balaban J connectivity index is 2.67. The fourth-order valence-electron chi connectivity index (χ4n) is 2.56. The van der Waals surface area contributed by atoms with Crippen LogP contribution in [0, 0.1) is 18.4 Å². The second-order valence-corrected chi connectivity index (χ2v) is 7.64. The number of rotatable bonds is 4. The molecule has 3 N–H and O–H groups in total. The van der Waals surface area contributed by atoms with Crippen molar-refractivity contribution in [2.45, 2.75) is 17.4 Å². The number of nitrogens with zero attached hydrogens (tertiary/aromatic N) is 2. The third kappa shape index (κ3) is 3.02. The first-order valence-corrected chi connectivity index (χ1v) is 8.95. The minimum absolute atomic E-state index is 0.259. The van der Waals surface area contributed by atoms with E-state index in [4.69, 9.17) is 11.0 Å². The molecule has 24 heavy (non-hydrogen) atoms. The Morgan fingerprint density at radius 3 is 2.38 bits per heavy atom. The van der Waals surface area contributed by atoms with E-state index in [0.29, 0.717) is 16.0 Å². The molecule has 6 nitrogen and oxygen atoms in total. The molecule has 7 heteroatoms. The van der Waals surface area contributed by atoms with E-state index in [1.807, 2.05) is 0 Å². The predicted octanol–water partition coefficient (Wildman–Crippen LogP) is 1.65. The van der Waals surface area contributed by atoms with Crippen molar-refractivity contribution >= 4 is 15.6 Å². The van der Waals surface area contributed by atoms with Crippen LogP contribution in [0.25, 0.3) is 0 Å². The van der Waals surface area contributed by atoms with Crippen LogP contribution in [0.4, 0.5) is 0 Å². The number of nitriles is 1. The van der Waals surface area contributed by atoms with Crippen molar-refractivity contribution in [3.63, 3.8) is 0 Å². The number of hydrogen-bond donors (Lipinski definition) is 2. The third-order valence-electron chi connectivity index (χ3n) is 3.76. The van der Waals surface area contributed by atoms with Gasteiger partial charge < -0.3 is 10.8 Å². The van der Waals surface area contributed by atoms with E-state index in [9.17, 15) is 14.1 Å². The Morgan fingerprint density at radius 1 is 1.25 bits per heavy atom. The number of primary amides is 1. The molecule has 0 radical (unpaired) electrons. The second kappa shape index (κ2) is 6.43. The maximum atomic E-state index is 12.4. The Hall–Kier alpha value is -2.69. The molecule has 0 aliphatic rings. The zero-order valence-electron chi connectivity index (χ0n) is 13.3. The molecule has 2 rings (SSSR count). The second-order valence-electron chi connectivity index (χ2n) is 5.41. The summed E-state index contributed by atoms with van der Waals surface area (Å²) in [6.45, 7) is 1.67. The molecule has 124 valence electrons. The van der Waals surface area contributed by atoms with Crippen molar-refractivity contribution in [3.05, 3.63) is 65.2 Å². The molecule has 1 amide bonds. The van der Waals surface area contributed by atoms with Gasteiger partial charge in [-0.2, -0.15) is 5.26 Å². The van der Waals surface area contributed by atoms with Crippen LogP contribution in [0.2, 0.25) is 0 Å². The number of nitrogens with two attached hydrogens (primary N) is 1. The third-order valence-corrected chi connectivity index (χ3v) is 5.47. The lowest BCUT2D eigenvalue weighted by Gasteiger charge is -2.26. The molecule has 0 aliphatic carbocycles. The lowest BCUT2D eigenvalue weighted by atomic mass is 9.85. The average Bonchev–Trinajstić information content (AvgIpc) is 2.54. The predicted molar refractivity (Wildman–Crippen MR) is 90.2 cm³/mol. The fraction of sp³-hybridized carbons (Fsp3) is 0.176. The van der Waals surface area contributed by atoms with Crippen molar-refractivity contribution in [2.24, 2.45) is 10.1 Å². The van der Waals surface area contributed by atoms with Crippen LogP contribution in [0.15, 0.2) is 57.8 Å². The van der Waals surface area contributed by atoms with E-state index >= 15 is 0 Å². The number of carbonyl (C=O) groups is 1. The summed E-state index contributed by atoms with van der Waals surface area (Å²) in [5.41, 5.74) is 4.57. The molecule has 0 fully saturated rings. The molecule has 0 aromatic heterocycles. The highest BCUT2D eigenvalue weighted by Gasteiger charge is 2.38. The zero-order valence-corrected chi connectivity index (χ0v) is 14.1. The highest BCUT2D eigenvalue weighted by Crippen LogP contribution is 2.31. The quantitative estimate of drug-likeness (QED) is 0.821. The number of aliphatic hydroxyl groups is 1. The Labute approximate surface area is 140 Å². The first kappa shape index (κ1) is 17.7. The zero-order chi connectivity index (χ0) is 18.0. The van der Waals surface area contributed by atoms with Crippen LogP contribution >= 0.6 is 0 Å². The van der Waals surface area contributed by atoms with E-state index in [-0.39, 0.29) is 5.56 Å². The molecule has 0 bridgehead atoms. The first-order chi connectivity index (χ1) is 11.2. The molecular weight excluding hydrogens is 326 g/mol. The van der Waals surface area contributed by atoms with Gasteiger partial charge in [0.1, 0.15) is 0 Å². The van der Waals surface area contributed by atoms with E-state index in [1.165, 1.54) is 24.5 Å². The average molecular weight is 343 g/mol. The molecule has 2 unspecified atom stereocenters. The maximum Gasteiger partial charge on any atom is 0.258 e. The van der Waals surface area contributed by atoms with Gasteiger partial charge in [0.05, 0.1) is 14.6 Å². The van der Waals surface area contributed by atoms with Crippen LogP contribution < -0.4 is 5.73 Å². The molecule has 0 spiro atoms. The standard InChI is InChI=1S/C17H17N3O3S/c1-12-10-14(8-9-15(12)24(2,23)20-11-18)17(22,16(19)21)13-6-4-3-5-7-13/h3-10,22H,1-2H3,(H2,19,21). The summed E-state index contributed by atoms with van der Waals surface area (Å²) >= 11 is 0. The van der Waals surface area contributed by atoms with Gasteiger partial charge in [0, 0.05) is 6.26 Å². The molecule has 0 saturated heterocycles. The van der Waals surface area contributed by atoms with Gasteiger partial charge in [-0.15, -0.1) is 4.36 Å². The summed E-state index contributed by atoms with van der Waals surface area (Å²) in [7, 11) is -2.87. The normalized spacial score (nSPS) is 15.6. The highest BCUT2D eigenvalue weighted by atomic mass is 32.2. The molecule has 0 aliphatic heterocycles. The lowest BCUT2D eigenvalue weighted by molar-refractivity contribution is -0.133. The van der Waals surface area contributed by atoms with Crippen molar-refractivity contribution < 1.29 is 14.1 Å². The fourth-order valence-corrected chi connectivity index (χ4v) is 3.79. The monoisotopic (exact) mass is 343 g/mol. The van der Waals surface area contributed by atoms with Gasteiger partial charge in [0.15, 0.2) is 5.60 Å². The van der Waals surface area contributed by atoms with Crippen molar-refractivity contribution in [3.8, 4) is 6.19 Å². The van der Waals surface area contributed by atoms with Crippen LogP contribution in [0.3, 0.4) is 0 Å². The first-order valence-electron chi connectivity index (χ1n) is 7.02. The number of carbonyl (C=O) groups excluding carboxylic acids is 1. The molecule has 2 aromatic rings. The topological polar surface area (TPSA) is 117 Å². The van der Waals surface area contributed by atoms with Crippen molar-refractivity contribution in [1.29, 1.82) is 5.26 Å². The largest absolute Gasteiger partial charge is 0.372 e. The Bertz CT molecular complexity index is 941. The van der Waals surface area contributed by atoms with Gasteiger partial charge in [0.2, 0.25) is 6.19 Å². The summed E-state index contributed by atoms with van der Waals surface area (Å²) in [5, 5.41) is 19.6. The van der Waals surface area contributed by atoms with Crippen LogP contribution in [0.1, 0.15) is 16.7 Å². The lowest BCUT2D eigenvalue weighted by Crippen LogP contribution is -2.42. The van der Waals surface area contributed by atoms with Crippen molar-refractivity contribution in [1.82, 2.24) is 0 Å². The summed E-state index contributed by atoms with van der Waals surface area (Å²) in [6.07, 6.45) is 2.91. The van der Waals surface area contributed by atoms with Gasteiger partial charge in [-0.3, -0.25) is 4.79 Å². The summed E-state index contributed by atoms with van der Waals surface area (Å²) < 4.78 is 15.9. The molecule has 0 saturated carbocycles. The van der Waals surface area contributed by atoms with Gasteiger partial charge in [-0.05, 0) is 29.7 Å². The van der Waals surface area contributed by atoms with Gasteiger partial charge in [-0.25, -0.2) is 4.21 Å². The van der Waals surface area contributed by atoms with Gasteiger partial charge >= 0.3 is 0 Å². The minimum Gasteiger partial charge on any atom is -0.372 e. The smallest absolute Gasteiger partial charge is 0.258 e. The Morgan fingerprint density at radius 2 is 1.88 bits per heavy atom. The van der Waals surface area contributed by atoms with Crippen molar-refractivity contribution in [2.75, 3.05) is 6.26 Å². The molecular formula is C17H17N3O3S. The number of hydrogen-bond acceptors (Lipinski definition) is 5. The van der Waals surface area contributed by atoms with Gasteiger partial charge in [0.25, 0.3) is 5.91 Å². The van der Waals surface area contributed by atoms with Crippen LogP contribution in [-0.4, -0.2) is 21.5 Å². The number of aryl methyl sites for hydroxylation is 1. The highest BCUT2D eigenvalue weighted by molar-refractivity contribution is 7.93.